The van der Waals surface area contributed by atoms with Crippen LogP contribution in [0.1, 0.15) is 38.3 Å². The Labute approximate surface area is 105 Å². The minimum atomic E-state index is 0.597. The summed E-state index contributed by atoms with van der Waals surface area (Å²) in [4.78, 5) is 2.63. The van der Waals surface area contributed by atoms with Crippen molar-refractivity contribution in [2.45, 2.75) is 38.8 Å². The largest absolute Gasteiger partial charge is 0.313 e. The third-order valence-corrected chi connectivity index (χ3v) is 3.72. The molecule has 0 spiro atoms. The minimum Gasteiger partial charge on any atom is -0.313 e. The number of benzene rings is 1. The van der Waals surface area contributed by atoms with Gasteiger partial charge in [0.05, 0.1) is 0 Å². The summed E-state index contributed by atoms with van der Waals surface area (Å²) < 4.78 is 0. The van der Waals surface area contributed by atoms with E-state index in [9.17, 15) is 0 Å². The molecule has 1 aromatic rings. The molecule has 2 nitrogen and oxygen atoms in total. The molecule has 0 aromatic heterocycles. The highest BCUT2D eigenvalue weighted by atomic mass is 15.2. The lowest BCUT2D eigenvalue weighted by Crippen LogP contribution is -2.33. The third kappa shape index (κ3) is 3.08. The van der Waals surface area contributed by atoms with Gasteiger partial charge in [0, 0.05) is 25.2 Å². The van der Waals surface area contributed by atoms with Crippen LogP contribution in [0.4, 0.5) is 0 Å². The summed E-state index contributed by atoms with van der Waals surface area (Å²) in [7, 11) is 0. The highest BCUT2D eigenvalue weighted by Gasteiger charge is 2.27. The zero-order valence-electron chi connectivity index (χ0n) is 11.0. The first kappa shape index (κ1) is 12.6. The van der Waals surface area contributed by atoms with Gasteiger partial charge in [-0.15, -0.1) is 0 Å². The van der Waals surface area contributed by atoms with Gasteiger partial charge in [-0.05, 0) is 24.9 Å². The maximum Gasteiger partial charge on any atom is 0.0346 e. The summed E-state index contributed by atoms with van der Waals surface area (Å²) in [5, 5.41) is 3.56. The molecule has 0 radical (unpaired) electrons. The van der Waals surface area contributed by atoms with Gasteiger partial charge in [0.2, 0.25) is 0 Å². The van der Waals surface area contributed by atoms with Crippen molar-refractivity contribution in [1.82, 2.24) is 10.2 Å². The molecule has 0 saturated carbocycles. The molecule has 1 aliphatic heterocycles. The van der Waals surface area contributed by atoms with Crippen LogP contribution in [0, 0.1) is 0 Å². The van der Waals surface area contributed by atoms with E-state index in [1.807, 2.05) is 0 Å². The molecular formula is C15H24N2. The first-order chi connectivity index (χ1) is 8.35. The van der Waals surface area contributed by atoms with E-state index in [2.05, 4.69) is 54.4 Å². The Kier molecular flexibility index (Phi) is 4.57. The number of rotatable bonds is 5. The lowest BCUT2D eigenvalue weighted by molar-refractivity contribution is 0.233. The second-order valence-electron chi connectivity index (χ2n) is 4.87. The summed E-state index contributed by atoms with van der Waals surface area (Å²) in [6, 6.07) is 12.2. The molecule has 2 rings (SSSR count). The molecule has 0 amide bonds. The molecule has 0 aliphatic carbocycles. The van der Waals surface area contributed by atoms with E-state index in [-0.39, 0.29) is 0 Å². The maximum absolute atomic E-state index is 3.56. The summed E-state index contributed by atoms with van der Waals surface area (Å²) >= 11 is 0. The topological polar surface area (TPSA) is 15.3 Å². The molecule has 1 heterocycles. The molecule has 1 aliphatic rings. The Bertz CT molecular complexity index is 323. The summed E-state index contributed by atoms with van der Waals surface area (Å²) in [6.07, 6.45) is 2.49. The van der Waals surface area contributed by atoms with Crippen LogP contribution in [-0.4, -0.2) is 30.6 Å². The lowest BCUT2D eigenvalue weighted by atomic mass is 10.0. The molecule has 1 fully saturated rings. The molecule has 1 saturated heterocycles. The molecule has 2 heteroatoms. The summed E-state index contributed by atoms with van der Waals surface area (Å²) in [5.41, 5.74) is 1.46. The van der Waals surface area contributed by atoms with E-state index in [0.29, 0.717) is 12.1 Å². The van der Waals surface area contributed by atoms with E-state index < -0.39 is 0 Å². The average molecular weight is 232 g/mol. The van der Waals surface area contributed by atoms with Crippen molar-refractivity contribution in [3.05, 3.63) is 35.9 Å². The van der Waals surface area contributed by atoms with Crippen molar-refractivity contribution < 1.29 is 0 Å². The van der Waals surface area contributed by atoms with Crippen molar-refractivity contribution in [3.63, 3.8) is 0 Å². The number of likely N-dealkylation sites (N-methyl/N-ethyl adjacent to an activating group) is 1. The van der Waals surface area contributed by atoms with Crippen LogP contribution >= 0.6 is 0 Å². The van der Waals surface area contributed by atoms with Crippen LogP contribution in [0.15, 0.2) is 30.3 Å². The molecular weight excluding hydrogens is 208 g/mol. The van der Waals surface area contributed by atoms with Crippen molar-refractivity contribution in [2.24, 2.45) is 0 Å². The molecule has 17 heavy (non-hydrogen) atoms. The van der Waals surface area contributed by atoms with Gasteiger partial charge in [-0.2, -0.15) is 0 Å². The van der Waals surface area contributed by atoms with E-state index >= 15 is 0 Å². The Morgan fingerprint density at radius 2 is 2.06 bits per heavy atom. The Morgan fingerprint density at radius 1 is 1.29 bits per heavy atom. The van der Waals surface area contributed by atoms with Gasteiger partial charge in [-0.1, -0.05) is 44.2 Å². The highest BCUT2D eigenvalue weighted by molar-refractivity contribution is 5.19. The van der Waals surface area contributed by atoms with Gasteiger partial charge >= 0.3 is 0 Å². The van der Waals surface area contributed by atoms with Crippen LogP contribution in [0.25, 0.3) is 0 Å². The van der Waals surface area contributed by atoms with Gasteiger partial charge in [0.1, 0.15) is 0 Å². The monoisotopic (exact) mass is 232 g/mol. The van der Waals surface area contributed by atoms with E-state index in [1.54, 1.807) is 0 Å². The smallest absolute Gasteiger partial charge is 0.0346 e. The second-order valence-corrected chi connectivity index (χ2v) is 4.87. The predicted octanol–water partition coefficient (Wildman–Crippen LogP) is 2.82. The van der Waals surface area contributed by atoms with Crippen LogP contribution < -0.4 is 5.32 Å². The fourth-order valence-electron chi connectivity index (χ4n) is 2.91. The van der Waals surface area contributed by atoms with Crippen molar-refractivity contribution in [1.29, 1.82) is 0 Å². The number of hydrogen-bond acceptors (Lipinski definition) is 2. The van der Waals surface area contributed by atoms with E-state index in [0.717, 1.165) is 6.54 Å². The zero-order chi connectivity index (χ0) is 12.1. The Hall–Kier alpha value is -0.860. The first-order valence-corrected chi connectivity index (χ1v) is 6.87. The summed E-state index contributed by atoms with van der Waals surface area (Å²) in [5.74, 6) is 0. The van der Waals surface area contributed by atoms with Crippen LogP contribution in [0.2, 0.25) is 0 Å². The number of likely N-dealkylation sites (tertiary alicyclic amines) is 1. The fourth-order valence-corrected chi connectivity index (χ4v) is 2.91. The Balaban J connectivity index is 2.01. The zero-order valence-corrected chi connectivity index (χ0v) is 11.0. The molecule has 2 unspecified atom stereocenters. The van der Waals surface area contributed by atoms with E-state index in [1.165, 1.54) is 31.5 Å². The van der Waals surface area contributed by atoms with Gasteiger partial charge in [0.15, 0.2) is 0 Å². The molecule has 94 valence electrons. The maximum atomic E-state index is 3.56. The molecule has 2 atom stereocenters. The van der Waals surface area contributed by atoms with Crippen molar-refractivity contribution >= 4 is 0 Å². The minimum absolute atomic E-state index is 0.597. The fraction of sp³-hybridized carbons (Fsp3) is 0.600. The van der Waals surface area contributed by atoms with Crippen LogP contribution in [0.3, 0.4) is 0 Å². The lowest BCUT2D eigenvalue weighted by Gasteiger charge is -2.27. The Morgan fingerprint density at radius 3 is 2.71 bits per heavy atom. The van der Waals surface area contributed by atoms with Crippen LogP contribution in [-0.2, 0) is 0 Å². The molecule has 1 N–H and O–H groups in total. The van der Waals surface area contributed by atoms with Crippen LogP contribution in [0.5, 0.6) is 0 Å². The number of nitrogens with one attached hydrogen (secondary N) is 1. The second kappa shape index (κ2) is 6.18. The van der Waals surface area contributed by atoms with Crippen molar-refractivity contribution in [2.75, 3.05) is 19.6 Å². The first-order valence-electron chi connectivity index (χ1n) is 6.87. The SMILES string of the molecule is CCNC1CCN(C(CC)c2ccccc2)C1. The standard InChI is InChI=1S/C15H24N2/c1-3-15(13-8-6-5-7-9-13)17-11-10-14(12-17)16-4-2/h5-9,14-16H,3-4,10-12H2,1-2H3. The van der Waals surface area contributed by atoms with Gasteiger partial charge in [-0.25, -0.2) is 0 Å². The van der Waals surface area contributed by atoms with Crippen molar-refractivity contribution in [3.8, 4) is 0 Å². The molecule has 1 aromatic carbocycles. The normalized spacial score (nSPS) is 22.8. The predicted molar refractivity (Wildman–Crippen MR) is 73.1 cm³/mol. The summed E-state index contributed by atoms with van der Waals surface area (Å²) in [6.45, 7) is 7.99. The average Bonchev–Trinajstić information content (AvgIpc) is 2.81. The molecule has 0 bridgehead atoms. The number of hydrogen-bond donors (Lipinski definition) is 1. The highest BCUT2D eigenvalue weighted by Crippen LogP contribution is 2.27. The van der Waals surface area contributed by atoms with E-state index in [4.69, 9.17) is 0 Å². The van der Waals surface area contributed by atoms with Gasteiger partial charge < -0.3 is 5.32 Å². The number of nitrogens with zero attached hydrogens (tertiary/aromatic N) is 1. The quantitative estimate of drug-likeness (QED) is 0.840. The van der Waals surface area contributed by atoms with Gasteiger partial charge in [-0.3, -0.25) is 4.90 Å². The van der Waals surface area contributed by atoms with Gasteiger partial charge in [0.25, 0.3) is 0 Å². The third-order valence-electron chi connectivity index (χ3n) is 3.72.